The van der Waals surface area contributed by atoms with Crippen LogP contribution in [0.2, 0.25) is 0 Å². The second-order valence-corrected chi connectivity index (χ2v) is 7.04. The average molecular weight is 261 g/mol. The smallest absolute Gasteiger partial charge is 0.0655 e. The van der Waals surface area contributed by atoms with Gasteiger partial charge in [0.15, 0.2) is 0 Å². The van der Waals surface area contributed by atoms with Gasteiger partial charge in [-0.05, 0) is 49.9 Å². The molecule has 0 bridgehead atoms. The Labute approximate surface area is 119 Å². The summed E-state index contributed by atoms with van der Waals surface area (Å²) in [7, 11) is 0. The van der Waals surface area contributed by atoms with E-state index in [1.54, 1.807) is 0 Å². The van der Waals surface area contributed by atoms with E-state index in [0.29, 0.717) is 5.92 Å². The molecule has 0 radical (unpaired) electrons. The summed E-state index contributed by atoms with van der Waals surface area (Å²) in [6, 6.07) is 2.50. The predicted molar refractivity (Wildman–Crippen MR) is 80.7 cm³/mol. The van der Waals surface area contributed by atoms with Crippen molar-refractivity contribution in [2.75, 3.05) is 0 Å². The van der Waals surface area contributed by atoms with Crippen LogP contribution in [0.3, 0.4) is 0 Å². The third kappa shape index (κ3) is 4.51. The van der Waals surface area contributed by atoms with E-state index in [1.165, 1.54) is 77.0 Å². The molecule has 0 heterocycles. The molecule has 4 unspecified atom stereocenters. The van der Waals surface area contributed by atoms with E-state index in [0.717, 1.165) is 17.8 Å². The van der Waals surface area contributed by atoms with Crippen LogP contribution in [-0.4, -0.2) is 0 Å². The number of nitriles is 1. The number of hydrogen-bond acceptors (Lipinski definition) is 1. The Kier molecular flexibility index (Phi) is 6.21. The van der Waals surface area contributed by atoms with Crippen LogP contribution >= 0.6 is 0 Å². The Bertz CT molecular complexity index is 291. The summed E-state index contributed by atoms with van der Waals surface area (Å²) in [5, 5.41) is 9.07. The zero-order chi connectivity index (χ0) is 13.5. The maximum absolute atomic E-state index is 9.07. The second kappa shape index (κ2) is 7.93. The molecule has 2 rings (SSSR count). The Hall–Kier alpha value is -0.510. The molecule has 0 aromatic heterocycles. The van der Waals surface area contributed by atoms with Gasteiger partial charge in [-0.1, -0.05) is 51.9 Å². The SMILES string of the molecule is CCCCCCCC1CCC2CC(C#N)CCC2C1. The zero-order valence-corrected chi connectivity index (χ0v) is 12.7. The minimum absolute atomic E-state index is 0.381. The van der Waals surface area contributed by atoms with Crippen molar-refractivity contribution in [2.24, 2.45) is 23.7 Å². The normalized spacial score (nSPS) is 34.5. The van der Waals surface area contributed by atoms with Gasteiger partial charge in [0.25, 0.3) is 0 Å². The molecule has 4 atom stereocenters. The summed E-state index contributed by atoms with van der Waals surface area (Å²) in [6.07, 6.45) is 16.7. The lowest BCUT2D eigenvalue weighted by Gasteiger charge is -2.40. The Morgan fingerprint density at radius 1 is 0.895 bits per heavy atom. The predicted octanol–water partition coefficient (Wildman–Crippen LogP) is 5.70. The van der Waals surface area contributed by atoms with Crippen molar-refractivity contribution < 1.29 is 0 Å². The molecule has 0 saturated heterocycles. The number of nitrogens with zero attached hydrogens (tertiary/aromatic N) is 1. The minimum Gasteiger partial charge on any atom is -0.198 e. The fourth-order valence-corrected chi connectivity index (χ4v) is 4.40. The summed E-state index contributed by atoms with van der Waals surface area (Å²) >= 11 is 0. The molecule has 0 N–H and O–H groups in total. The van der Waals surface area contributed by atoms with Gasteiger partial charge in [0.05, 0.1) is 6.07 Å². The highest BCUT2D eigenvalue weighted by Gasteiger charge is 2.35. The number of rotatable bonds is 6. The molecule has 1 heteroatoms. The molecule has 2 fully saturated rings. The van der Waals surface area contributed by atoms with Crippen molar-refractivity contribution >= 4 is 0 Å². The maximum atomic E-state index is 9.07. The first-order valence-corrected chi connectivity index (χ1v) is 8.73. The molecule has 0 aliphatic heterocycles. The van der Waals surface area contributed by atoms with Crippen LogP contribution in [0.5, 0.6) is 0 Å². The van der Waals surface area contributed by atoms with Gasteiger partial charge in [-0.3, -0.25) is 0 Å². The van der Waals surface area contributed by atoms with Gasteiger partial charge in [-0.2, -0.15) is 5.26 Å². The van der Waals surface area contributed by atoms with E-state index in [2.05, 4.69) is 13.0 Å². The maximum Gasteiger partial charge on any atom is 0.0655 e. The molecule has 0 aromatic rings. The highest BCUT2D eigenvalue weighted by molar-refractivity contribution is 4.93. The molecule has 2 aliphatic carbocycles. The van der Waals surface area contributed by atoms with Crippen LogP contribution in [0.4, 0.5) is 0 Å². The Balaban J connectivity index is 1.64. The summed E-state index contributed by atoms with van der Waals surface area (Å²) < 4.78 is 0. The van der Waals surface area contributed by atoms with E-state index in [1.807, 2.05) is 0 Å². The third-order valence-corrected chi connectivity index (χ3v) is 5.62. The lowest BCUT2D eigenvalue weighted by Crippen LogP contribution is -2.30. The van der Waals surface area contributed by atoms with Crippen LogP contribution < -0.4 is 0 Å². The third-order valence-electron chi connectivity index (χ3n) is 5.62. The average Bonchev–Trinajstić information content (AvgIpc) is 2.46. The van der Waals surface area contributed by atoms with Gasteiger partial charge >= 0.3 is 0 Å². The molecule has 1 nitrogen and oxygen atoms in total. The van der Waals surface area contributed by atoms with E-state index >= 15 is 0 Å². The molecule has 108 valence electrons. The van der Waals surface area contributed by atoms with E-state index in [9.17, 15) is 0 Å². The first-order chi connectivity index (χ1) is 9.33. The molecule has 0 amide bonds. The lowest BCUT2D eigenvalue weighted by atomic mass is 9.64. The fourth-order valence-electron chi connectivity index (χ4n) is 4.40. The quantitative estimate of drug-likeness (QED) is 0.562. The van der Waals surface area contributed by atoms with Gasteiger partial charge in [0.1, 0.15) is 0 Å². The molecule has 19 heavy (non-hydrogen) atoms. The fraction of sp³-hybridized carbons (Fsp3) is 0.944. The van der Waals surface area contributed by atoms with Crippen LogP contribution in [0, 0.1) is 35.0 Å². The summed E-state index contributed by atoms with van der Waals surface area (Å²) in [5.74, 6) is 3.27. The van der Waals surface area contributed by atoms with E-state index < -0.39 is 0 Å². The molecule has 0 aromatic carbocycles. The molecule has 0 spiro atoms. The highest BCUT2D eigenvalue weighted by atomic mass is 14.4. The molecule has 2 aliphatic rings. The second-order valence-electron chi connectivity index (χ2n) is 7.04. The zero-order valence-electron chi connectivity index (χ0n) is 12.7. The Morgan fingerprint density at radius 2 is 1.63 bits per heavy atom. The summed E-state index contributed by atoms with van der Waals surface area (Å²) in [4.78, 5) is 0. The van der Waals surface area contributed by atoms with Gasteiger partial charge in [-0.25, -0.2) is 0 Å². The van der Waals surface area contributed by atoms with Crippen molar-refractivity contribution in [3.63, 3.8) is 0 Å². The van der Waals surface area contributed by atoms with Crippen molar-refractivity contribution in [2.45, 2.75) is 84.0 Å². The van der Waals surface area contributed by atoms with Crippen molar-refractivity contribution in [3.05, 3.63) is 0 Å². The number of unbranched alkanes of at least 4 members (excludes halogenated alkanes) is 4. The van der Waals surface area contributed by atoms with Crippen molar-refractivity contribution in [1.29, 1.82) is 5.26 Å². The monoisotopic (exact) mass is 261 g/mol. The van der Waals surface area contributed by atoms with E-state index in [4.69, 9.17) is 5.26 Å². The number of fused-ring (bicyclic) bond motifs is 1. The van der Waals surface area contributed by atoms with Gasteiger partial charge in [0, 0.05) is 5.92 Å². The first-order valence-electron chi connectivity index (χ1n) is 8.73. The van der Waals surface area contributed by atoms with Crippen LogP contribution in [0.25, 0.3) is 0 Å². The Morgan fingerprint density at radius 3 is 2.42 bits per heavy atom. The number of hydrogen-bond donors (Lipinski definition) is 0. The van der Waals surface area contributed by atoms with Crippen LogP contribution in [0.1, 0.15) is 84.0 Å². The van der Waals surface area contributed by atoms with Crippen molar-refractivity contribution in [1.82, 2.24) is 0 Å². The highest BCUT2D eigenvalue weighted by Crippen LogP contribution is 2.45. The summed E-state index contributed by atoms with van der Waals surface area (Å²) in [6.45, 7) is 2.29. The van der Waals surface area contributed by atoms with Crippen molar-refractivity contribution in [3.8, 4) is 6.07 Å². The van der Waals surface area contributed by atoms with E-state index in [-0.39, 0.29) is 0 Å². The standard InChI is InChI=1S/C18H31N/c1-2-3-4-5-6-7-15-8-10-18-13-16(14-19)9-11-17(18)12-15/h15-18H,2-13H2,1H3. The molecular weight excluding hydrogens is 230 g/mol. The van der Waals surface area contributed by atoms with Gasteiger partial charge < -0.3 is 0 Å². The largest absolute Gasteiger partial charge is 0.198 e. The lowest BCUT2D eigenvalue weighted by molar-refractivity contribution is 0.108. The van der Waals surface area contributed by atoms with Gasteiger partial charge in [-0.15, -0.1) is 0 Å². The first kappa shape index (κ1) is 14.9. The van der Waals surface area contributed by atoms with Crippen LogP contribution in [0.15, 0.2) is 0 Å². The minimum atomic E-state index is 0.381. The molecular formula is C18H31N. The summed E-state index contributed by atoms with van der Waals surface area (Å²) in [5.41, 5.74) is 0. The molecule has 2 saturated carbocycles. The van der Waals surface area contributed by atoms with Gasteiger partial charge in [0.2, 0.25) is 0 Å². The topological polar surface area (TPSA) is 23.8 Å². The van der Waals surface area contributed by atoms with Crippen LogP contribution in [-0.2, 0) is 0 Å².